The molecule has 0 radical (unpaired) electrons. The molecule has 9 nitrogen and oxygen atoms in total. The Kier molecular flexibility index (Phi) is 5.87. The van der Waals surface area contributed by atoms with Crippen LogP contribution in [0.4, 0.5) is 0 Å². The lowest BCUT2D eigenvalue weighted by atomic mass is 10.1. The number of nitrogens with zero attached hydrogens (tertiary/aromatic N) is 2. The smallest absolute Gasteiger partial charge is 0.432 e. The Morgan fingerprint density at radius 2 is 1.66 bits per heavy atom. The zero-order chi connectivity index (χ0) is 21.0. The van der Waals surface area contributed by atoms with Crippen molar-refractivity contribution < 1.29 is 28.2 Å². The molecule has 0 bridgehead atoms. The molecule has 0 saturated carbocycles. The van der Waals surface area contributed by atoms with Crippen LogP contribution in [-0.4, -0.2) is 44.5 Å². The number of carbonyl (C=O) groups excluding carboxylic acids is 1. The fraction of sp³-hybridized carbons (Fsp3) is 0.250. The molecule has 0 aliphatic carbocycles. The topological polar surface area (TPSA) is 97.9 Å². The molecule has 3 aromatic rings. The summed E-state index contributed by atoms with van der Waals surface area (Å²) >= 11 is 0. The van der Waals surface area contributed by atoms with Crippen LogP contribution in [0.3, 0.4) is 0 Å². The summed E-state index contributed by atoms with van der Waals surface area (Å²) in [6, 6.07) is 12.1. The van der Waals surface area contributed by atoms with Crippen molar-refractivity contribution >= 4 is 5.91 Å². The molecular formula is C20H22N3O6+. The van der Waals surface area contributed by atoms with Crippen LogP contribution >= 0.6 is 0 Å². The first-order chi connectivity index (χ1) is 14.0. The predicted octanol–water partition coefficient (Wildman–Crippen LogP) is 1.54. The van der Waals surface area contributed by atoms with Crippen LogP contribution in [0.5, 0.6) is 17.2 Å². The van der Waals surface area contributed by atoms with Crippen molar-refractivity contribution in [3.63, 3.8) is 0 Å². The minimum absolute atomic E-state index is 0.00208. The first-order valence-electron chi connectivity index (χ1n) is 8.73. The lowest BCUT2D eigenvalue weighted by molar-refractivity contribution is -0.678. The lowest BCUT2D eigenvalue weighted by Gasteiger charge is -2.18. The molecule has 1 heterocycles. The Bertz CT molecular complexity index is 1030. The number of carbonyl (C=O) groups is 1. The largest absolute Gasteiger partial charge is 0.497 e. The Labute approximate surface area is 167 Å². The summed E-state index contributed by atoms with van der Waals surface area (Å²) < 4.78 is 22.2. The normalized spacial score (nSPS) is 10.5. The van der Waals surface area contributed by atoms with Crippen molar-refractivity contribution in [2.24, 2.45) is 0 Å². The zero-order valence-corrected chi connectivity index (χ0v) is 16.6. The van der Waals surface area contributed by atoms with Crippen LogP contribution in [-0.2, 0) is 6.54 Å². The summed E-state index contributed by atoms with van der Waals surface area (Å²) in [4.78, 5) is 26.7. The second-order valence-corrected chi connectivity index (χ2v) is 6.16. The first-order valence-corrected chi connectivity index (χ1v) is 8.73. The van der Waals surface area contributed by atoms with E-state index in [0.717, 1.165) is 0 Å². The Balaban J connectivity index is 1.92. The molecular weight excluding hydrogens is 378 g/mol. The van der Waals surface area contributed by atoms with Crippen LogP contribution < -0.4 is 24.5 Å². The molecule has 0 fully saturated rings. The molecule has 0 aliphatic rings. The molecule has 29 heavy (non-hydrogen) atoms. The highest BCUT2D eigenvalue weighted by atomic mass is 16.5. The van der Waals surface area contributed by atoms with E-state index in [4.69, 9.17) is 18.7 Å². The number of hydrogen-bond donors (Lipinski definition) is 1. The number of aromatic nitrogens is 2. The van der Waals surface area contributed by atoms with Crippen molar-refractivity contribution in [3.8, 4) is 22.9 Å². The van der Waals surface area contributed by atoms with E-state index >= 15 is 0 Å². The molecule has 0 unspecified atom stereocenters. The van der Waals surface area contributed by atoms with Crippen molar-refractivity contribution in [3.05, 3.63) is 64.1 Å². The van der Waals surface area contributed by atoms with Gasteiger partial charge >= 0.3 is 11.3 Å². The van der Waals surface area contributed by atoms with Gasteiger partial charge in [-0.1, -0.05) is 6.07 Å². The molecule has 1 amide bonds. The number of nitrogens with one attached hydrogen (secondary N) is 1. The summed E-state index contributed by atoms with van der Waals surface area (Å²) in [6.07, 6.45) is 0. The average Bonchev–Trinajstić information content (AvgIpc) is 3.12. The lowest BCUT2D eigenvalue weighted by Crippen LogP contribution is -2.42. The number of amides is 1. The van der Waals surface area contributed by atoms with Gasteiger partial charge in [0.15, 0.2) is 0 Å². The molecule has 0 spiro atoms. The monoisotopic (exact) mass is 400 g/mol. The number of aromatic amines is 1. The molecule has 0 aliphatic heterocycles. The molecule has 1 N–H and O–H groups in total. The minimum atomic E-state index is -0.576. The number of H-pyrrole nitrogens is 1. The van der Waals surface area contributed by atoms with E-state index in [1.165, 1.54) is 23.8 Å². The maximum atomic E-state index is 13.1. The number of rotatable bonds is 7. The van der Waals surface area contributed by atoms with E-state index in [2.05, 4.69) is 5.27 Å². The van der Waals surface area contributed by atoms with E-state index in [9.17, 15) is 9.59 Å². The van der Waals surface area contributed by atoms with Gasteiger partial charge in [-0.25, -0.2) is 4.79 Å². The van der Waals surface area contributed by atoms with E-state index in [0.29, 0.717) is 22.9 Å². The van der Waals surface area contributed by atoms with Gasteiger partial charge in [0.1, 0.15) is 29.4 Å². The van der Waals surface area contributed by atoms with Crippen LogP contribution in [0.2, 0.25) is 0 Å². The van der Waals surface area contributed by atoms with E-state index < -0.39 is 5.63 Å². The van der Waals surface area contributed by atoms with Gasteiger partial charge in [-0.15, -0.1) is 0 Å². The third-order valence-corrected chi connectivity index (χ3v) is 4.44. The average molecular weight is 400 g/mol. The highest BCUT2D eigenvalue weighted by Gasteiger charge is 2.29. The number of methoxy groups -OCH3 is 3. The Hall–Kier alpha value is -3.75. The summed E-state index contributed by atoms with van der Waals surface area (Å²) in [5.74, 6) is 1.08. The van der Waals surface area contributed by atoms with Gasteiger partial charge in [0, 0.05) is 19.2 Å². The van der Waals surface area contributed by atoms with Gasteiger partial charge in [0.2, 0.25) is 5.69 Å². The number of benzene rings is 2. The van der Waals surface area contributed by atoms with Crippen LogP contribution in [0.15, 0.2) is 51.8 Å². The zero-order valence-electron chi connectivity index (χ0n) is 16.6. The van der Waals surface area contributed by atoms with Gasteiger partial charge in [0.05, 0.1) is 21.3 Å². The Morgan fingerprint density at radius 1 is 1.03 bits per heavy atom. The standard InChI is InChI=1S/C20H21N3O6/c1-22(19(24)18-16(27-3)6-5-7-17(18)28-4)12-15-20(25)29-21-23(15)13-8-10-14(26-2)11-9-13/h5-11H,12H2,1-4H3/p+1. The summed E-state index contributed by atoms with van der Waals surface area (Å²) in [6.45, 7) is -0.00208. The molecule has 0 saturated heterocycles. The highest BCUT2D eigenvalue weighted by molar-refractivity contribution is 5.99. The first kappa shape index (κ1) is 20.0. The molecule has 2 aromatic carbocycles. The van der Waals surface area contributed by atoms with Crippen molar-refractivity contribution in [1.29, 1.82) is 0 Å². The molecule has 152 valence electrons. The Morgan fingerprint density at radius 3 is 2.21 bits per heavy atom. The molecule has 1 aromatic heterocycles. The molecule has 3 rings (SSSR count). The van der Waals surface area contributed by atoms with Crippen molar-refractivity contribution in [2.45, 2.75) is 6.54 Å². The molecule has 9 heteroatoms. The van der Waals surface area contributed by atoms with Crippen LogP contribution in [0, 0.1) is 0 Å². The fourth-order valence-electron chi connectivity index (χ4n) is 2.92. The summed E-state index contributed by atoms with van der Waals surface area (Å²) in [5.41, 5.74) is 0.602. The highest BCUT2D eigenvalue weighted by Crippen LogP contribution is 2.29. The van der Waals surface area contributed by atoms with Crippen LogP contribution in [0.1, 0.15) is 16.1 Å². The van der Waals surface area contributed by atoms with Gasteiger partial charge < -0.3 is 19.1 Å². The van der Waals surface area contributed by atoms with E-state index in [1.54, 1.807) is 56.6 Å². The predicted molar refractivity (Wildman–Crippen MR) is 103 cm³/mol. The van der Waals surface area contributed by atoms with Crippen LogP contribution in [0.25, 0.3) is 5.69 Å². The minimum Gasteiger partial charge on any atom is -0.497 e. The number of hydrogen-bond acceptors (Lipinski definition) is 6. The fourth-order valence-corrected chi connectivity index (χ4v) is 2.92. The van der Waals surface area contributed by atoms with Crippen molar-refractivity contribution in [2.75, 3.05) is 28.4 Å². The van der Waals surface area contributed by atoms with Gasteiger partial charge in [0.25, 0.3) is 5.91 Å². The van der Waals surface area contributed by atoms with Gasteiger partial charge in [-0.2, -0.15) is 0 Å². The number of ether oxygens (including phenoxy) is 3. The van der Waals surface area contributed by atoms with Crippen molar-refractivity contribution in [1.82, 2.24) is 10.2 Å². The van der Waals surface area contributed by atoms with Gasteiger partial charge in [-0.3, -0.25) is 9.32 Å². The summed E-state index contributed by atoms with van der Waals surface area (Å²) in [5, 5.41) is 2.56. The second-order valence-electron chi connectivity index (χ2n) is 6.16. The maximum Gasteiger partial charge on any atom is 0.432 e. The van der Waals surface area contributed by atoms with E-state index in [-0.39, 0.29) is 23.7 Å². The third-order valence-electron chi connectivity index (χ3n) is 4.44. The summed E-state index contributed by atoms with van der Waals surface area (Å²) in [7, 11) is 6.10. The van der Waals surface area contributed by atoms with E-state index in [1.807, 2.05) is 0 Å². The quantitative estimate of drug-likeness (QED) is 0.604. The maximum absolute atomic E-state index is 13.1. The second kappa shape index (κ2) is 8.51. The SMILES string of the molecule is COc1ccc(-[n+]2[nH]oc(=O)c2CN(C)C(=O)c2c(OC)cccc2OC)cc1. The molecule has 0 atom stereocenters. The van der Waals surface area contributed by atoms with Gasteiger partial charge in [-0.05, 0) is 34.2 Å². The third kappa shape index (κ3) is 3.93.